The zero-order valence-electron chi connectivity index (χ0n) is 18.1. The van der Waals surface area contributed by atoms with Crippen LogP contribution in [0.15, 0.2) is 78.0 Å². The molecule has 0 radical (unpaired) electrons. The van der Waals surface area contributed by atoms with Crippen LogP contribution < -0.4 is 4.74 Å². The van der Waals surface area contributed by atoms with Crippen LogP contribution in [0.5, 0.6) is 5.75 Å². The van der Waals surface area contributed by atoms with Crippen LogP contribution in [0.1, 0.15) is 15.9 Å². The number of piperazine rings is 1. The second-order valence-corrected chi connectivity index (χ2v) is 9.50. The molecule has 0 N–H and O–H groups in total. The van der Waals surface area contributed by atoms with Gasteiger partial charge in [0.1, 0.15) is 12.4 Å². The number of sulfonamides is 1. The van der Waals surface area contributed by atoms with Gasteiger partial charge in [-0.1, -0.05) is 18.2 Å². The minimum Gasteiger partial charge on any atom is -0.489 e. The maximum Gasteiger partial charge on any atom is 0.289 e. The maximum absolute atomic E-state index is 13.0. The van der Waals surface area contributed by atoms with E-state index < -0.39 is 20.6 Å². The molecule has 4 rings (SSSR count). The molecule has 1 saturated heterocycles. The number of amides is 1. The van der Waals surface area contributed by atoms with Gasteiger partial charge in [0.2, 0.25) is 10.0 Å². The third kappa shape index (κ3) is 5.05. The Bertz CT molecular complexity index is 1270. The van der Waals surface area contributed by atoms with E-state index in [0.717, 1.165) is 11.6 Å². The van der Waals surface area contributed by atoms with Gasteiger partial charge in [-0.3, -0.25) is 19.9 Å². The van der Waals surface area contributed by atoms with Gasteiger partial charge in [0, 0.05) is 55.8 Å². The quantitative estimate of drug-likeness (QED) is 0.375. The fourth-order valence-corrected chi connectivity index (χ4v) is 5.20. The van der Waals surface area contributed by atoms with Crippen molar-refractivity contribution >= 4 is 21.6 Å². The topological polar surface area (TPSA) is 123 Å². The van der Waals surface area contributed by atoms with E-state index in [9.17, 15) is 23.3 Å². The molecule has 1 aliphatic rings. The Balaban J connectivity index is 1.37. The summed E-state index contributed by atoms with van der Waals surface area (Å²) in [6.07, 6.45) is 3.40. The van der Waals surface area contributed by atoms with Crippen molar-refractivity contribution < 1.29 is 22.9 Å². The average molecular weight is 483 g/mol. The number of rotatable bonds is 7. The molecular weight excluding hydrogens is 460 g/mol. The molecule has 10 nitrogen and oxygen atoms in total. The fraction of sp³-hybridized carbons (Fsp3) is 0.217. The van der Waals surface area contributed by atoms with Crippen LogP contribution in [-0.4, -0.2) is 59.6 Å². The highest BCUT2D eigenvalue weighted by Crippen LogP contribution is 2.27. The first-order chi connectivity index (χ1) is 16.4. The van der Waals surface area contributed by atoms with Crippen LogP contribution in [0.2, 0.25) is 0 Å². The summed E-state index contributed by atoms with van der Waals surface area (Å²) in [5.74, 6) is 0.391. The predicted molar refractivity (Wildman–Crippen MR) is 123 cm³/mol. The zero-order chi connectivity index (χ0) is 24.1. The summed E-state index contributed by atoms with van der Waals surface area (Å²) in [7, 11) is -4.05. The zero-order valence-corrected chi connectivity index (χ0v) is 18.9. The Labute approximate surface area is 196 Å². The van der Waals surface area contributed by atoms with E-state index in [4.69, 9.17) is 4.74 Å². The molecule has 11 heteroatoms. The molecule has 2 aromatic carbocycles. The van der Waals surface area contributed by atoms with Gasteiger partial charge in [-0.15, -0.1) is 0 Å². The Kier molecular flexibility index (Phi) is 6.85. The third-order valence-electron chi connectivity index (χ3n) is 5.44. The number of carbonyl (C=O) groups is 1. The van der Waals surface area contributed by atoms with Crippen molar-refractivity contribution in [3.63, 3.8) is 0 Å². The molecule has 0 bridgehead atoms. The maximum atomic E-state index is 13.0. The van der Waals surface area contributed by atoms with E-state index in [1.807, 2.05) is 12.1 Å². The van der Waals surface area contributed by atoms with Gasteiger partial charge in [-0.2, -0.15) is 4.31 Å². The number of nitrogens with zero attached hydrogens (tertiary/aromatic N) is 4. The standard InChI is InChI=1S/C23H22N4O6S/c28-23(19-7-9-20(10-8-19)33-17-18-4-3-11-24-16-18)25-12-14-26(15-13-25)34(31,32)22-6-2-1-5-21(22)27(29)30/h1-11,16H,12-15,17H2. The SMILES string of the molecule is O=C(c1ccc(OCc2cccnc2)cc1)N1CCN(S(=O)(=O)c2ccccc2[N+](=O)[O-])CC1. The number of pyridine rings is 1. The van der Waals surface area contributed by atoms with Gasteiger partial charge < -0.3 is 9.64 Å². The summed E-state index contributed by atoms with van der Waals surface area (Å²) in [4.78, 5) is 28.7. The van der Waals surface area contributed by atoms with Crippen LogP contribution in [0.3, 0.4) is 0 Å². The molecule has 0 saturated carbocycles. The highest BCUT2D eigenvalue weighted by atomic mass is 32.2. The monoisotopic (exact) mass is 482 g/mol. The van der Waals surface area contributed by atoms with Crippen molar-refractivity contribution in [3.05, 3.63) is 94.3 Å². The predicted octanol–water partition coefficient (Wildman–Crippen LogP) is 2.72. The number of ether oxygens (including phenoxy) is 1. The molecule has 1 fully saturated rings. The summed E-state index contributed by atoms with van der Waals surface area (Å²) in [5.41, 5.74) is 0.923. The second kappa shape index (κ2) is 9.98. The molecule has 1 amide bonds. The molecule has 1 aromatic heterocycles. The lowest BCUT2D eigenvalue weighted by molar-refractivity contribution is -0.387. The number of carbonyl (C=O) groups excluding carboxylic acids is 1. The number of para-hydroxylation sites is 1. The Morgan fingerprint density at radius 2 is 1.71 bits per heavy atom. The summed E-state index contributed by atoms with van der Waals surface area (Å²) in [6.45, 7) is 0.811. The minimum absolute atomic E-state index is 0.0480. The molecule has 0 spiro atoms. The largest absolute Gasteiger partial charge is 0.489 e. The molecule has 2 heterocycles. The molecule has 3 aromatic rings. The number of hydrogen-bond donors (Lipinski definition) is 0. The lowest BCUT2D eigenvalue weighted by Crippen LogP contribution is -2.50. The smallest absolute Gasteiger partial charge is 0.289 e. The molecule has 0 atom stereocenters. The molecular formula is C23H22N4O6S. The molecule has 0 unspecified atom stereocenters. The van der Waals surface area contributed by atoms with Crippen molar-refractivity contribution in [2.75, 3.05) is 26.2 Å². The van der Waals surface area contributed by atoms with E-state index in [1.54, 1.807) is 41.6 Å². The Hall–Kier alpha value is -3.83. The van der Waals surface area contributed by atoms with Crippen molar-refractivity contribution in [1.29, 1.82) is 0 Å². The van der Waals surface area contributed by atoms with Gasteiger partial charge in [0.25, 0.3) is 11.6 Å². The molecule has 34 heavy (non-hydrogen) atoms. The van der Waals surface area contributed by atoms with Crippen LogP contribution in [-0.2, 0) is 16.6 Å². The summed E-state index contributed by atoms with van der Waals surface area (Å²) in [5, 5.41) is 11.2. The van der Waals surface area contributed by atoms with E-state index in [0.29, 0.717) is 17.9 Å². The van der Waals surface area contributed by atoms with Crippen LogP contribution in [0.4, 0.5) is 5.69 Å². The van der Waals surface area contributed by atoms with Gasteiger partial charge in [0.05, 0.1) is 4.92 Å². The van der Waals surface area contributed by atoms with E-state index in [-0.39, 0.29) is 37.0 Å². The Morgan fingerprint density at radius 3 is 2.35 bits per heavy atom. The minimum atomic E-state index is -4.05. The van der Waals surface area contributed by atoms with Crippen LogP contribution in [0, 0.1) is 10.1 Å². The van der Waals surface area contributed by atoms with Crippen LogP contribution >= 0.6 is 0 Å². The summed E-state index contributed by atoms with van der Waals surface area (Å²) >= 11 is 0. The van der Waals surface area contributed by atoms with Crippen molar-refractivity contribution in [1.82, 2.24) is 14.2 Å². The van der Waals surface area contributed by atoms with Gasteiger partial charge in [0.15, 0.2) is 4.90 Å². The molecule has 0 aliphatic carbocycles. The van der Waals surface area contributed by atoms with Gasteiger partial charge in [-0.05, 0) is 36.4 Å². The van der Waals surface area contributed by atoms with Crippen molar-refractivity contribution in [3.8, 4) is 5.75 Å². The summed E-state index contributed by atoms with van der Waals surface area (Å²) in [6, 6.07) is 15.7. The number of nitro groups is 1. The molecule has 176 valence electrons. The van der Waals surface area contributed by atoms with E-state index in [1.165, 1.54) is 22.5 Å². The first kappa shape index (κ1) is 23.3. The van der Waals surface area contributed by atoms with Gasteiger partial charge in [-0.25, -0.2) is 8.42 Å². The number of benzene rings is 2. The highest BCUT2D eigenvalue weighted by Gasteiger charge is 2.34. The fourth-order valence-electron chi connectivity index (χ4n) is 3.62. The number of hydrogen-bond acceptors (Lipinski definition) is 7. The first-order valence-electron chi connectivity index (χ1n) is 10.5. The van der Waals surface area contributed by atoms with Crippen molar-refractivity contribution in [2.45, 2.75) is 11.5 Å². The van der Waals surface area contributed by atoms with Gasteiger partial charge >= 0.3 is 0 Å². The lowest BCUT2D eigenvalue weighted by atomic mass is 10.2. The molecule has 1 aliphatic heterocycles. The highest BCUT2D eigenvalue weighted by molar-refractivity contribution is 7.89. The van der Waals surface area contributed by atoms with Crippen molar-refractivity contribution in [2.24, 2.45) is 0 Å². The Morgan fingerprint density at radius 1 is 1.00 bits per heavy atom. The number of nitro benzene ring substituents is 1. The normalized spacial score (nSPS) is 14.5. The van der Waals surface area contributed by atoms with E-state index >= 15 is 0 Å². The summed E-state index contributed by atoms with van der Waals surface area (Å²) < 4.78 is 32.8. The lowest BCUT2D eigenvalue weighted by Gasteiger charge is -2.34. The number of aromatic nitrogens is 1. The average Bonchev–Trinajstić information content (AvgIpc) is 2.88. The third-order valence-corrected chi connectivity index (χ3v) is 7.38. The van der Waals surface area contributed by atoms with Crippen LogP contribution in [0.25, 0.3) is 0 Å². The second-order valence-electron chi connectivity index (χ2n) is 7.60. The first-order valence-corrected chi connectivity index (χ1v) is 11.9. The van der Waals surface area contributed by atoms with E-state index in [2.05, 4.69) is 4.98 Å².